The summed E-state index contributed by atoms with van der Waals surface area (Å²) in [6.45, 7) is 0. The molecular formula is C20H26N4O3. The van der Waals surface area contributed by atoms with Crippen molar-refractivity contribution < 1.29 is 14.7 Å². The molecule has 0 atom stereocenters. The van der Waals surface area contributed by atoms with Crippen LogP contribution in [-0.2, 0) is 18.3 Å². The third-order valence-electron chi connectivity index (χ3n) is 4.91. The SMILES string of the molecule is Cn1cc(NC(=O)Nc2cccc(CCC(=O)O)c2)c(C2CCCCC2)n1. The van der Waals surface area contributed by atoms with Crippen LogP contribution in [0.1, 0.15) is 55.7 Å². The van der Waals surface area contributed by atoms with E-state index in [9.17, 15) is 9.59 Å². The first-order valence-corrected chi connectivity index (χ1v) is 9.43. The van der Waals surface area contributed by atoms with Crippen molar-refractivity contribution in [2.45, 2.75) is 50.9 Å². The number of urea groups is 1. The van der Waals surface area contributed by atoms with Crippen LogP contribution in [0.5, 0.6) is 0 Å². The molecule has 144 valence electrons. The molecule has 27 heavy (non-hydrogen) atoms. The van der Waals surface area contributed by atoms with Gasteiger partial charge in [-0.1, -0.05) is 31.4 Å². The second-order valence-electron chi connectivity index (χ2n) is 7.11. The van der Waals surface area contributed by atoms with E-state index in [1.165, 1.54) is 19.3 Å². The van der Waals surface area contributed by atoms with E-state index in [4.69, 9.17) is 5.11 Å². The van der Waals surface area contributed by atoms with Crippen LogP contribution in [0, 0.1) is 0 Å². The Morgan fingerprint density at radius 3 is 2.74 bits per heavy atom. The number of aromatic nitrogens is 2. The predicted molar refractivity (Wildman–Crippen MR) is 104 cm³/mol. The minimum atomic E-state index is -0.835. The Morgan fingerprint density at radius 1 is 1.22 bits per heavy atom. The Labute approximate surface area is 158 Å². The molecule has 0 aliphatic heterocycles. The van der Waals surface area contributed by atoms with Gasteiger partial charge in [0, 0.05) is 31.3 Å². The number of aryl methyl sites for hydroxylation is 2. The molecule has 1 aliphatic rings. The van der Waals surface area contributed by atoms with Gasteiger partial charge in [-0.15, -0.1) is 0 Å². The molecule has 7 nitrogen and oxygen atoms in total. The summed E-state index contributed by atoms with van der Waals surface area (Å²) in [5, 5.41) is 19.1. The van der Waals surface area contributed by atoms with Crippen molar-refractivity contribution in [2.75, 3.05) is 10.6 Å². The summed E-state index contributed by atoms with van der Waals surface area (Å²) >= 11 is 0. The third-order valence-corrected chi connectivity index (χ3v) is 4.91. The standard InChI is InChI=1S/C20H26N4O3/c1-24-13-17(19(23-24)15-7-3-2-4-8-15)22-20(27)21-16-9-5-6-14(12-16)10-11-18(25)26/h5-6,9,12-13,15H,2-4,7-8,10-11H2,1H3,(H,25,26)(H2,21,22,27). The predicted octanol–water partition coefficient (Wildman–Crippen LogP) is 4.13. The van der Waals surface area contributed by atoms with E-state index >= 15 is 0 Å². The summed E-state index contributed by atoms with van der Waals surface area (Å²) in [5.74, 6) is -0.437. The highest BCUT2D eigenvalue weighted by atomic mass is 16.4. The molecular weight excluding hydrogens is 344 g/mol. The van der Waals surface area contributed by atoms with Gasteiger partial charge in [-0.2, -0.15) is 5.10 Å². The van der Waals surface area contributed by atoms with Gasteiger partial charge in [-0.25, -0.2) is 4.79 Å². The first kappa shape index (κ1) is 18.9. The molecule has 1 heterocycles. The first-order valence-electron chi connectivity index (χ1n) is 9.43. The smallest absolute Gasteiger partial charge is 0.323 e. The zero-order chi connectivity index (χ0) is 19.2. The van der Waals surface area contributed by atoms with Crippen LogP contribution in [0.3, 0.4) is 0 Å². The number of carboxylic acid groups (broad SMARTS) is 1. The lowest BCUT2D eigenvalue weighted by Crippen LogP contribution is -2.20. The van der Waals surface area contributed by atoms with Crippen molar-refractivity contribution in [3.63, 3.8) is 0 Å². The highest BCUT2D eigenvalue weighted by Crippen LogP contribution is 2.35. The molecule has 1 aromatic heterocycles. The van der Waals surface area contributed by atoms with E-state index in [1.807, 2.05) is 25.4 Å². The largest absolute Gasteiger partial charge is 0.481 e. The average molecular weight is 370 g/mol. The Morgan fingerprint density at radius 2 is 2.00 bits per heavy atom. The van der Waals surface area contributed by atoms with Crippen molar-refractivity contribution in [3.8, 4) is 0 Å². The maximum atomic E-state index is 12.5. The molecule has 0 bridgehead atoms. The second-order valence-corrected chi connectivity index (χ2v) is 7.11. The molecule has 7 heteroatoms. The average Bonchev–Trinajstić information content (AvgIpc) is 3.01. The summed E-state index contributed by atoms with van der Waals surface area (Å²) in [4.78, 5) is 23.2. The Balaban J connectivity index is 1.64. The lowest BCUT2D eigenvalue weighted by atomic mass is 9.86. The molecule has 1 saturated carbocycles. The molecule has 3 N–H and O–H groups in total. The van der Waals surface area contributed by atoms with Crippen LogP contribution < -0.4 is 10.6 Å². The van der Waals surface area contributed by atoms with Crippen LogP contribution in [-0.4, -0.2) is 26.9 Å². The number of carbonyl (C=O) groups excluding carboxylic acids is 1. The minimum absolute atomic E-state index is 0.0656. The van der Waals surface area contributed by atoms with Gasteiger partial charge in [0.1, 0.15) is 0 Å². The van der Waals surface area contributed by atoms with E-state index in [1.54, 1.807) is 16.8 Å². The molecule has 3 rings (SSSR count). The number of amides is 2. The van der Waals surface area contributed by atoms with Gasteiger partial charge in [0.15, 0.2) is 0 Å². The van der Waals surface area contributed by atoms with Crippen LogP contribution in [0.25, 0.3) is 0 Å². The van der Waals surface area contributed by atoms with E-state index in [0.29, 0.717) is 18.0 Å². The van der Waals surface area contributed by atoms with Crippen molar-refractivity contribution in [1.29, 1.82) is 0 Å². The van der Waals surface area contributed by atoms with Gasteiger partial charge in [-0.05, 0) is 37.0 Å². The fraction of sp³-hybridized carbons (Fsp3) is 0.450. The molecule has 0 spiro atoms. The maximum Gasteiger partial charge on any atom is 0.323 e. The molecule has 1 fully saturated rings. The molecule has 2 aromatic rings. The number of anilines is 2. The zero-order valence-corrected chi connectivity index (χ0v) is 15.6. The highest BCUT2D eigenvalue weighted by Gasteiger charge is 2.22. The Kier molecular flexibility index (Phi) is 6.11. The van der Waals surface area contributed by atoms with Gasteiger partial charge < -0.3 is 15.7 Å². The monoisotopic (exact) mass is 370 g/mol. The number of nitrogens with one attached hydrogen (secondary N) is 2. The molecule has 1 aliphatic carbocycles. The summed E-state index contributed by atoms with van der Waals surface area (Å²) in [6.07, 6.45) is 8.23. The van der Waals surface area contributed by atoms with Gasteiger partial charge in [-0.3, -0.25) is 9.48 Å². The van der Waals surface area contributed by atoms with Crippen molar-refractivity contribution in [2.24, 2.45) is 7.05 Å². The zero-order valence-electron chi connectivity index (χ0n) is 15.6. The number of nitrogens with zero attached hydrogens (tertiary/aromatic N) is 2. The fourth-order valence-electron chi connectivity index (χ4n) is 3.62. The Bertz CT molecular complexity index is 809. The number of hydrogen-bond donors (Lipinski definition) is 3. The normalized spacial score (nSPS) is 14.7. The van der Waals surface area contributed by atoms with E-state index in [-0.39, 0.29) is 12.5 Å². The number of aliphatic carboxylic acids is 1. The fourth-order valence-corrected chi connectivity index (χ4v) is 3.62. The number of rotatable bonds is 6. The van der Waals surface area contributed by atoms with Crippen LogP contribution in [0.15, 0.2) is 30.5 Å². The van der Waals surface area contributed by atoms with Crippen LogP contribution in [0.4, 0.5) is 16.2 Å². The van der Waals surface area contributed by atoms with Crippen molar-refractivity contribution in [3.05, 3.63) is 41.7 Å². The van der Waals surface area contributed by atoms with Crippen molar-refractivity contribution >= 4 is 23.4 Å². The first-order chi connectivity index (χ1) is 13.0. The van der Waals surface area contributed by atoms with E-state index < -0.39 is 5.97 Å². The van der Waals surface area contributed by atoms with Gasteiger partial charge >= 0.3 is 12.0 Å². The van der Waals surface area contributed by atoms with Gasteiger partial charge in [0.05, 0.1) is 11.4 Å². The topological polar surface area (TPSA) is 96.2 Å². The minimum Gasteiger partial charge on any atom is -0.481 e. The van der Waals surface area contributed by atoms with Gasteiger partial charge in [0.25, 0.3) is 0 Å². The highest BCUT2D eigenvalue weighted by molar-refractivity contribution is 6.00. The number of benzene rings is 1. The molecule has 0 unspecified atom stereocenters. The lowest BCUT2D eigenvalue weighted by molar-refractivity contribution is -0.136. The van der Waals surface area contributed by atoms with Crippen LogP contribution in [0.2, 0.25) is 0 Å². The van der Waals surface area contributed by atoms with Gasteiger partial charge in [0.2, 0.25) is 0 Å². The number of carbonyl (C=O) groups is 2. The summed E-state index contributed by atoms with van der Waals surface area (Å²) < 4.78 is 1.74. The van der Waals surface area contributed by atoms with Crippen LogP contribution >= 0.6 is 0 Å². The molecule has 2 amide bonds. The lowest BCUT2D eigenvalue weighted by Gasteiger charge is -2.21. The summed E-state index contributed by atoms with van der Waals surface area (Å²) in [7, 11) is 1.86. The molecule has 0 saturated heterocycles. The maximum absolute atomic E-state index is 12.5. The Hall–Kier alpha value is -2.83. The second kappa shape index (κ2) is 8.70. The third kappa shape index (κ3) is 5.32. The van der Waals surface area contributed by atoms with E-state index in [0.717, 1.165) is 29.8 Å². The van der Waals surface area contributed by atoms with Crippen molar-refractivity contribution in [1.82, 2.24) is 9.78 Å². The number of hydrogen-bond acceptors (Lipinski definition) is 3. The quantitative estimate of drug-likeness (QED) is 0.712. The summed E-state index contributed by atoms with van der Waals surface area (Å²) in [6, 6.07) is 6.93. The molecule has 0 radical (unpaired) electrons. The number of carboxylic acids is 1. The van der Waals surface area contributed by atoms with E-state index in [2.05, 4.69) is 15.7 Å². The summed E-state index contributed by atoms with van der Waals surface area (Å²) in [5.41, 5.74) is 3.23. The molecule has 1 aromatic carbocycles.